The summed E-state index contributed by atoms with van der Waals surface area (Å²) >= 11 is 1.30. The number of rotatable bonds is 10. The number of carbonyl (C=O) groups excluding carboxylic acids is 2. The molecule has 0 spiro atoms. The van der Waals surface area contributed by atoms with Gasteiger partial charge in [0.2, 0.25) is 0 Å². The van der Waals surface area contributed by atoms with E-state index in [2.05, 4.69) is 0 Å². The van der Waals surface area contributed by atoms with E-state index in [1.54, 1.807) is 60.7 Å². The predicted octanol–water partition coefficient (Wildman–Crippen LogP) is 2.74. The number of hydrogen-bond donors (Lipinski definition) is 0. The average molecular weight is 453 g/mol. The van der Waals surface area contributed by atoms with Crippen molar-refractivity contribution in [3.05, 3.63) is 71.8 Å². The molecule has 7 nitrogen and oxygen atoms in total. The third-order valence-electron chi connectivity index (χ3n) is 3.17. The van der Waals surface area contributed by atoms with Gasteiger partial charge in [0.25, 0.3) is 0 Å². The fourth-order valence-electron chi connectivity index (χ4n) is 1.94. The van der Waals surface area contributed by atoms with Gasteiger partial charge in [-0.3, -0.25) is 0 Å². The van der Waals surface area contributed by atoms with Crippen molar-refractivity contribution in [2.24, 2.45) is 0 Å². The molecule has 2 aromatic carbocycles. The third-order valence-corrected chi connectivity index (χ3v) is 5.84. The summed E-state index contributed by atoms with van der Waals surface area (Å²) in [6.07, 6.45) is -3.34. The van der Waals surface area contributed by atoms with Crippen molar-refractivity contribution in [3.8, 4) is 0 Å². The van der Waals surface area contributed by atoms with Gasteiger partial charge in [-0.25, -0.2) is 0 Å². The Labute approximate surface area is 165 Å². The predicted molar refractivity (Wildman–Crippen MR) is 100 cm³/mol. The average Bonchev–Trinajstić information content (AvgIpc) is 2.69. The maximum absolute atomic E-state index is 12.1. The van der Waals surface area contributed by atoms with Gasteiger partial charge in [0.15, 0.2) is 0 Å². The van der Waals surface area contributed by atoms with Gasteiger partial charge in [0, 0.05) is 0 Å². The standard InChI is InChI=1S/C18H19AsO7P/c19-27(22,25-13-11-23-17(20)15-7-3-1-4-8-15)26-14-12-24-18(21)16-9-5-2-6-10-16/h1-10,19H,11-14H2. The molecule has 0 saturated carbocycles. The van der Waals surface area contributed by atoms with Gasteiger partial charge in [0.05, 0.1) is 0 Å². The van der Waals surface area contributed by atoms with Crippen LogP contribution in [0.4, 0.5) is 0 Å². The second kappa shape index (κ2) is 11.1. The van der Waals surface area contributed by atoms with Crippen molar-refractivity contribution in [1.82, 2.24) is 0 Å². The molecule has 0 aliphatic carbocycles. The summed E-state index contributed by atoms with van der Waals surface area (Å²) in [6.45, 7) is -0.262. The summed E-state index contributed by atoms with van der Waals surface area (Å²) in [5.74, 6) is -0.974. The van der Waals surface area contributed by atoms with Crippen molar-refractivity contribution >= 4 is 34.5 Å². The molecule has 9 heteroatoms. The zero-order valence-corrected chi connectivity index (χ0v) is 17.4. The second-order valence-corrected chi connectivity index (χ2v) is 10.1. The van der Waals surface area contributed by atoms with Gasteiger partial charge in [-0.1, -0.05) is 0 Å². The van der Waals surface area contributed by atoms with Crippen LogP contribution in [0.5, 0.6) is 0 Å². The van der Waals surface area contributed by atoms with Crippen molar-refractivity contribution < 1.29 is 32.7 Å². The van der Waals surface area contributed by atoms with Crippen LogP contribution in [0.25, 0.3) is 0 Å². The molecule has 0 atom stereocenters. The van der Waals surface area contributed by atoms with Crippen LogP contribution in [-0.4, -0.2) is 54.8 Å². The molecular formula is C18H19AsO7P. The first-order valence-electron chi connectivity index (χ1n) is 8.06. The zero-order chi connectivity index (χ0) is 19.5. The molecule has 0 N–H and O–H groups in total. The third kappa shape index (κ3) is 8.10. The Balaban J connectivity index is 1.60. The Kier molecular flexibility index (Phi) is 8.75. The van der Waals surface area contributed by atoms with Crippen LogP contribution in [0.2, 0.25) is 0 Å². The Morgan fingerprint density at radius 2 is 1.07 bits per heavy atom. The first-order valence-corrected chi connectivity index (χ1v) is 12.4. The van der Waals surface area contributed by atoms with Gasteiger partial charge >= 0.3 is 165 Å². The Morgan fingerprint density at radius 1 is 0.704 bits per heavy atom. The second-order valence-electron chi connectivity index (χ2n) is 5.17. The van der Waals surface area contributed by atoms with E-state index in [4.69, 9.17) is 18.5 Å². The van der Waals surface area contributed by atoms with Crippen molar-refractivity contribution in [3.63, 3.8) is 0 Å². The van der Waals surface area contributed by atoms with E-state index in [0.717, 1.165) is 0 Å². The number of hydrogen-bond acceptors (Lipinski definition) is 7. The van der Waals surface area contributed by atoms with Crippen molar-refractivity contribution in [1.29, 1.82) is 0 Å². The van der Waals surface area contributed by atoms with Gasteiger partial charge in [0.1, 0.15) is 0 Å². The number of carbonyl (C=O) groups is 2. The summed E-state index contributed by atoms with van der Waals surface area (Å²) in [5, 5.41) is 0. The fraction of sp³-hybridized carbons (Fsp3) is 0.222. The summed E-state index contributed by atoms with van der Waals surface area (Å²) in [7, 11) is 0. The molecule has 1 radical (unpaired) electrons. The molecule has 0 aliphatic heterocycles. The van der Waals surface area contributed by atoms with E-state index >= 15 is 0 Å². The van der Waals surface area contributed by atoms with E-state index in [0.29, 0.717) is 11.1 Å². The summed E-state index contributed by atoms with van der Waals surface area (Å²) in [4.78, 5) is 23.5. The van der Waals surface area contributed by atoms with Crippen LogP contribution < -0.4 is 0 Å². The maximum atomic E-state index is 12.1. The van der Waals surface area contributed by atoms with Gasteiger partial charge in [-0.05, 0) is 0 Å². The van der Waals surface area contributed by atoms with Crippen LogP contribution in [0, 0.1) is 0 Å². The zero-order valence-electron chi connectivity index (χ0n) is 14.4. The molecule has 0 bridgehead atoms. The molecule has 0 unspecified atom stereocenters. The number of benzene rings is 2. The van der Waals surface area contributed by atoms with Crippen LogP contribution >= 0.6 is 6.16 Å². The van der Waals surface area contributed by atoms with Crippen LogP contribution in [0.15, 0.2) is 60.7 Å². The summed E-state index contributed by atoms with van der Waals surface area (Å²) < 4.78 is 32.4. The Hall–Kier alpha value is -1.91. The fourth-order valence-corrected chi connectivity index (χ4v) is 3.79. The van der Waals surface area contributed by atoms with E-state index < -0.39 is 18.1 Å². The van der Waals surface area contributed by atoms with E-state index in [1.165, 1.54) is 16.4 Å². The number of esters is 2. The first-order chi connectivity index (χ1) is 13.0. The summed E-state index contributed by atoms with van der Waals surface area (Å²) in [6, 6.07) is 17.0. The Bertz CT molecular complexity index is 719. The van der Waals surface area contributed by atoms with Crippen LogP contribution in [0.1, 0.15) is 20.7 Å². The first kappa shape index (κ1) is 21.4. The minimum atomic E-state index is -3.34. The van der Waals surface area contributed by atoms with Crippen molar-refractivity contribution in [2.75, 3.05) is 26.4 Å². The SMILES string of the molecule is O=C(OCCOP(=O)([AsH])OCCOC(=O)c1ccccc1)c1ccccc1. The topological polar surface area (TPSA) is 88.1 Å². The monoisotopic (exact) mass is 453 g/mol. The minimum absolute atomic E-state index is 0.0576. The normalized spacial score (nSPS) is 11.0. The quantitative estimate of drug-likeness (QED) is 0.237. The van der Waals surface area contributed by atoms with Crippen LogP contribution in [-0.2, 0) is 23.1 Å². The van der Waals surface area contributed by atoms with E-state index in [9.17, 15) is 14.2 Å². The van der Waals surface area contributed by atoms with Crippen molar-refractivity contribution in [2.45, 2.75) is 0 Å². The molecular weight excluding hydrogens is 434 g/mol. The molecule has 2 aromatic rings. The van der Waals surface area contributed by atoms with Gasteiger partial charge < -0.3 is 0 Å². The van der Waals surface area contributed by atoms with Crippen LogP contribution in [0.3, 0.4) is 0 Å². The molecule has 27 heavy (non-hydrogen) atoms. The van der Waals surface area contributed by atoms with E-state index in [-0.39, 0.29) is 26.4 Å². The van der Waals surface area contributed by atoms with E-state index in [1.807, 2.05) is 0 Å². The molecule has 0 fully saturated rings. The molecule has 143 valence electrons. The number of ether oxygens (including phenoxy) is 2. The van der Waals surface area contributed by atoms with Gasteiger partial charge in [-0.2, -0.15) is 0 Å². The van der Waals surface area contributed by atoms with Gasteiger partial charge in [-0.15, -0.1) is 0 Å². The molecule has 2 rings (SSSR count). The molecule has 0 heterocycles. The molecule has 0 saturated heterocycles. The summed E-state index contributed by atoms with van der Waals surface area (Å²) in [5.41, 5.74) is 0.849. The molecule has 0 aliphatic rings. The Morgan fingerprint density at radius 3 is 1.44 bits per heavy atom. The molecule has 0 aromatic heterocycles. The molecule has 0 amide bonds.